The highest BCUT2D eigenvalue weighted by Gasteiger charge is 2.17. The van der Waals surface area contributed by atoms with Crippen LogP contribution in [0.5, 0.6) is 0 Å². The monoisotopic (exact) mass is 297 g/mol. The third-order valence-corrected chi connectivity index (χ3v) is 4.88. The highest BCUT2D eigenvalue weighted by atomic mass is 32.2. The Labute approximate surface area is 121 Å². The molecule has 0 aromatic heterocycles. The first-order valence-electron chi connectivity index (χ1n) is 7.00. The molecule has 0 saturated carbocycles. The minimum Gasteiger partial charge on any atom is -0.384 e. The standard InChI is InChI=1S/C14H23N3O2S/c1-17(2)10-4-3-8-16-20(18,19)13-5-6-14-12(11-13)7-9-15-14/h5-6,11,15-16H,3-4,7-10H2,1-2H3. The predicted molar refractivity (Wildman–Crippen MR) is 81.6 cm³/mol. The van der Waals surface area contributed by atoms with Crippen molar-refractivity contribution in [3.8, 4) is 0 Å². The second-order valence-corrected chi connectivity index (χ2v) is 7.17. The van der Waals surface area contributed by atoms with Gasteiger partial charge in [0.05, 0.1) is 4.90 Å². The third kappa shape index (κ3) is 3.94. The largest absolute Gasteiger partial charge is 0.384 e. The fraction of sp³-hybridized carbons (Fsp3) is 0.571. The highest BCUT2D eigenvalue weighted by molar-refractivity contribution is 7.89. The zero-order chi connectivity index (χ0) is 14.6. The molecule has 0 bridgehead atoms. The summed E-state index contributed by atoms with van der Waals surface area (Å²) in [5.41, 5.74) is 2.13. The summed E-state index contributed by atoms with van der Waals surface area (Å²) in [5.74, 6) is 0. The average molecular weight is 297 g/mol. The Bertz CT molecular complexity index is 556. The van der Waals surface area contributed by atoms with Crippen molar-refractivity contribution in [3.63, 3.8) is 0 Å². The molecule has 1 heterocycles. The molecule has 1 aromatic rings. The number of hydrogen-bond donors (Lipinski definition) is 2. The molecule has 0 unspecified atom stereocenters. The van der Waals surface area contributed by atoms with Gasteiger partial charge in [0.25, 0.3) is 0 Å². The van der Waals surface area contributed by atoms with Gasteiger partial charge in [-0.3, -0.25) is 0 Å². The van der Waals surface area contributed by atoms with Crippen LogP contribution in [-0.4, -0.2) is 47.0 Å². The summed E-state index contributed by atoms with van der Waals surface area (Å²) in [5, 5.41) is 3.23. The molecule has 0 spiro atoms. The Morgan fingerprint density at radius 2 is 2.10 bits per heavy atom. The van der Waals surface area contributed by atoms with Crippen molar-refractivity contribution in [3.05, 3.63) is 23.8 Å². The van der Waals surface area contributed by atoms with E-state index in [1.807, 2.05) is 20.2 Å². The van der Waals surface area contributed by atoms with Crippen molar-refractivity contribution >= 4 is 15.7 Å². The molecule has 0 saturated heterocycles. The van der Waals surface area contributed by atoms with Crippen LogP contribution in [0, 0.1) is 0 Å². The molecule has 0 radical (unpaired) electrons. The van der Waals surface area contributed by atoms with Crippen molar-refractivity contribution in [1.29, 1.82) is 0 Å². The Hall–Kier alpha value is -1.11. The van der Waals surface area contributed by atoms with Crippen LogP contribution in [0.3, 0.4) is 0 Å². The summed E-state index contributed by atoms with van der Waals surface area (Å²) >= 11 is 0. The van der Waals surface area contributed by atoms with Crippen molar-refractivity contribution in [2.45, 2.75) is 24.2 Å². The summed E-state index contributed by atoms with van der Waals surface area (Å²) in [4.78, 5) is 2.47. The minimum absolute atomic E-state index is 0.368. The summed E-state index contributed by atoms with van der Waals surface area (Å²) < 4.78 is 27.0. The molecular formula is C14H23N3O2S. The lowest BCUT2D eigenvalue weighted by Gasteiger charge is -2.10. The van der Waals surface area contributed by atoms with E-state index >= 15 is 0 Å². The molecule has 112 valence electrons. The van der Waals surface area contributed by atoms with Crippen molar-refractivity contribution in [1.82, 2.24) is 9.62 Å². The molecule has 0 atom stereocenters. The molecule has 0 aliphatic carbocycles. The van der Waals surface area contributed by atoms with Gasteiger partial charge in [0, 0.05) is 18.8 Å². The van der Waals surface area contributed by atoms with Gasteiger partial charge < -0.3 is 10.2 Å². The van der Waals surface area contributed by atoms with Crippen LogP contribution < -0.4 is 10.0 Å². The van der Waals surface area contributed by atoms with Crippen LogP contribution in [0.1, 0.15) is 18.4 Å². The SMILES string of the molecule is CN(C)CCCCNS(=O)(=O)c1ccc2c(c1)CCN2. The lowest BCUT2D eigenvalue weighted by molar-refractivity contribution is 0.394. The zero-order valence-electron chi connectivity index (χ0n) is 12.1. The molecule has 1 aliphatic heterocycles. The normalized spacial score (nSPS) is 14.3. The lowest BCUT2D eigenvalue weighted by Crippen LogP contribution is -2.25. The van der Waals surface area contributed by atoms with Gasteiger partial charge in [-0.15, -0.1) is 0 Å². The number of rotatable bonds is 7. The fourth-order valence-corrected chi connectivity index (χ4v) is 3.42. The molecule has 20 heavy (non-hydrogen) atoms. The third-order valence-electron chi connectivity index (χ3n) is 3.42. The second kappa shape index (κ2) is 6.56. The predicted octanol–water partition coefficient (Wildman–Crippen LogP) is 1.27. The molecule has 2 rings (SSSR count). The Morgan fingerprint density at radius 3 is 2.85 bits per heavy atom. The van der Waals surface area contributed by atoms with Crippen molar-refractivity contribution < 1.29 is 8.42 Å². The quantitative estimate of drug-likeness (QED) is 0.744. The molecule has 2 N–H and O–H groups in total. The van der Waals surface area contributed by atoms with Crippen LogP contribution in [-0.2, 0) is 16.4 Å². The number of nitrogens with zero attached hydrogens (tertiary/aromatic N) is 1. The number of fused-ring (bicyclic) bond motifs is 1. The molecule has 1 aromatic carbocycles. The van der Waals surface area contributed by atoms with Crippen LogP contribution in [0.2, 0.25) is 0 Å². The number of unbranched alkanes of at least 4 members (excludes halogenated alkanes) is 1. The van der Waals surface area contributed by atoms with Crippen LogP contribution >= 0.6 is 0 Å². The number of anilines is 1. The zero-order valence-corrected chi connectivity index (χ0v) is 13.0. The van der Waals surface area contributed by atoms with E-state index in [2.05, 4.69) is 14.9 Å². The maximum atomic E-state index is 12.2. The first-order valence-corrected chi connectivity index (χ1v) is 8.48. The first kappa shape index (κ1) is 15.3. The summed E-state index contributed by atoms with van der Waals surface area (Å²) in [7, 11) is 0.659. The van der Waals surface area contributed by atoms with Crippen LogP contribution in [0.25, 0.3) is 0 Å². The van der Waals surface area contributed by atoms with Gasteiger partial charge in [0.1, 0.15) is 0 Å². The van der Waals surface area contributed by atoms with Gasteiger partial charge in [-0.2, -0.15) is 0 Å². The summed E-state index contributed by atoms with van der Waals surface area (Å²) in [6.45, 7) is 2.36. The lowest BCUT2D eigenvalue weighted by atomic mass is 10.2. The molecule has 5 nitrogen and oxygen atoms in total. The van der Waals surface area contributed by atoms with Gasteiger partial charge >= 0.3 is 0 Å². The van der Waals surface area contributed by atoms with Gasteiger partial charge in [0.2, 0.25) is 10.0 Å². The topological polar surface area (TPSA) is 61.4 Å². The molecule has 0 fully saturated rings. The number of hydrogen-bond acceptors (Lipinski definition) is 4. The number of sulfonamides is 1. The van der Waals surface area contributed by atoms with E-state index < -0.39 is 10.0 Å². The van der Waals surface area contributed by atoms with E-state index in [-0.39, 0.29) is 0 Å². The maximum Gasteiger partial charge on any atom is 0.240 e. The average Bonchev–Trinajstić information content (AvgIpc) is 2.85. The van der Waals surface area contributed by atoms with Crippen molar-refractivity contribution in [2.24, 2.45) is 0 Å². The van der Waals surface area contributed by atoms with E-state index in [1.165, 1.54) is 0 Å². The highest BCUT2D eigenvalue weighted by Crippen LogP contribution is 2.24. The Balaban J connectivity index is 1.90. The van der Waals surface area contributed by atoms with Gasteiger partial charge in [0.15, 0.2) is 0 Å². The van der Waals surface area contributed by atoms with Gasteiger partial charge in [-0.05, 0) is 63.7 Å². The van der Waals surface area contributed by atoms with Gasteiger partial charge in [-0.1, -0.05) is 0 Å². The number of benzene rings is 1. The Morgan fingerprint density at radius 1 is 1.30 bits per heavy atom. The second-order valence-electron chi connectivity index (χ2n) is 5.40. The fourth-order valence-electron chi connectivity index (χ4n) is 2.29. The first-order chi connectivity index (χ1) is 9.49. The maximum absolute atomic E-state index is 12.2. The van der Waals surface area contributed by atoms with E-state index in [0.29, 0.717) is 11.4 Å². The van der Waals surface area contributed by atoms with E-state index in [4.69, 9.17) is 0 Å². The minimum atomic E-state index is -3.37. The Kier molecular flexibility index (Phi) is 5.01. The van der Waals surface area contributed by atoms with E-state index in [0.717, 1.165) is 43.6 Å². The molecule has 0 amide bonds. The number of nitrogens with one attached hydrogen (secondary N) is 2. The van der Waals surface area contributed by atoms with Gasteiger partial charge in [-0.25, -0.2) is 13.1 Å². The molecular weight excluding hydrogens is 274 g/mol. The molecule has 6 heteroatoms. The van der Waals surface area contributed by atoms with E-state index in [1.54, 1.807) is 12.1 Å². The van der Waals surface area contributed by atoms with E-state index in [9.17, 15) is 8.42 Å². The summed E-state index contributed by atoms with van der Waals surface area (Å²) in [6.07, 6.45) is 2.73. The summed E-state index contributed by atoms with van der Waals surface area (Å²) in [6, 6.07) is 5.29. The van der Waals surface area contributed by atoms with Crippen LogP contribution in [0.4, 0.5) is 5.69 Å². The molecule has 1 aliphatic rings. The van der Waals surface area contributed by atoms with Crippen molar-refractivity contribution in [2.75, 3.05) is 39.0 Å². The van der Waals surface area contributed by atoms with Crippen LogP contribution in [0.15, 0.2) is 23.1 Å². The smallest absolute Gasteiger partial charge is 0.240 e.